The monoisotopic (exact) mass is 316 g/mol. The molecule has 1 unspecified atom stereocenters. The first-order valence-corrected chi connectivity index (χ1v) is 9.66. The van der Waals surface area contributed by atoms with Crippen molar-refractivity contribution in [2.24, 2.45) is 0 Å². The van der Waals surface area contributed by atoms with Gasteiger partial charge in [0.15, 0.2) is 0 Å². The SMILES string of the molecule is CCNCC1CCCCN1S(=O)(=O)c1ccc(CC)s1. The summed E-state index contributed by atoms with van der Waals surface area (Å²) in [6.07, 6.45) is 3.93. The van der Waals surface area contributed by atoms with Crippen molar-refractivity contribution in [1.82, 2.24) is 9.62 Å². The van der Waals surface area contributed by atoms with E-state index in [0.29, 0.717) is 10.8 Å². The molecule has 4 nitrogen and oxygen atoms in total. The van der Waals surface area contributed by atoms with Gasteiger partial charge in [0.1, 0.15) is 4.21 Å². The second kappa shape index (κ2) is 7.02. The molecular weight excluding hydrogens is 292 g/mol. The lowest BCUT2D eigenvalue weighted by Gasteiger charge is -2.34. The number of nitrogens with zero attached hydrogens (tertiary/aromatic N) is 1. The summed E-state index contributed by atoms with van der Waals surface area (Å²) in [4.78, 5) is 1.13. The quantitative estimate of drug-likeness (QED) is 0.877. The van der Waals surface area contributed by atoms with Crippen LogP contribution in [0.25, 0.3) is 0 Å². The molecule has 0 spiro atoms. The van der Waals surface area contributed by atoms with Crippen molar-refractivity contribution in [2.45, 2.75) is 49.8 Å². The van der Waals surface area contributed by atoms with E-state index in [4.69, 9.17) is 0 Å². The van der Waals surface area contributed by atoms with Gasteiger partial charge < -0.3 is 5.32 Å². The average molecular weight is 316 g/mol. The molecular formula is C14H24N2O2S2. The minimum absolute atomic E-state index is 0.0980. The predicted octanol–water partition coefficient (Wildman–Crippen LogP) is 2.46. The lowest BCUT2D eigenvalue weighted by molar-refractivity contribution is 0.247. The summed E-state index contributed by atoms with van der Waals surface area (Å²) in [6, 6.07) is 3.79. The molecule has 20 heavy (non-hydrogen) atoms. The van der Waals surface area contributed by atoms with Gasteiger partial charge in [0.2, 0.25) is 0 Å². The minimum Gasteiger partial charge on any atom is -0.315 e. The van der Waals surface area contributed by atoms with E-state index in [1.165, 1.54) is 11.3 Å². The molecule has 0 aromatic carbocycles. The van der Waals surface area contributed by atoms with Crippen LogP contribution in [0, 0.1) is 0 Å². The van der Waals surface area contributed by atoms with Crippen molar-refractivity contribution in [3.05, 3.63) is 17.0 Å². The molecule has 0 radical (unpaired) electrons. The van der Waals surface area contributed by atoms with Crippen LogP contribution in [-0.2, 0) is 16.4 Å². The Morgan fingerprint density at radius 3 is 2.80 bits per heavy atom. The molecule has 2 rings (SSSR count). The summed E-state index contributed by atoms with van der Waals surface area (Å²) in [7, 11) is -3.32. The van der Waals surface area contributed by atoms with Gasteiger partial charge in [-0.1, -0.05) is 20.3 Å². The largest absolute Gasteiger partial charge is 0.315 e. The van der Waals surface area contributed by atoms with E-state index in [0.717, 1.165) is 43.6 Å². The third-order valence-electron chi connectivity index (χ3n) is 3.75. The third kappa shape index (κ3) is 3.42. The van der Waals surface area contributed by atoms with E-state index in [9.17, 15) is 8.42 Å². The van der Waals surface area contributed by atoms with Gasteiger partial charge in [0, 0.05) is 24.0 Å². The van der Waals surface area contributed by atoms with E-state index in [1.54, 1.807) is 10.4 Å². The molecule has 1 saturated heterocycles. The van der Waals surface area contributed by atoms with Gasteiger partial charge in [0.05, 0.1) is 0 Å². The molecule has 6 heteroatoms. The molecule has 0 saturated carbocycles. The van der Waals surface area contributed by atoms with Crippen LogP contribution in [0.3, 0.4) is 0 Å². The zero-order chi connectivity index (χ0) is 14.6. The van der Waals surface area contributed by atoms with E-state index < -0.39 is 10.0 Å². The Morgan fingerprint density at radius 2 is 2.15 bits per heavy atom. The van der Waals surface area contributed by atoms with Crippen LogP contribution in [0.4, 0.5) is 0 Å². The van der Waals surface area contributed by atoms with Gasteiger partial charge in [-0.05, 0) is 37.9 Å². The Bertz CT molecular complexity index is 525. The molecule has 0 aliphatic carbocycles. The van der Waals surface area contributed by atoms with Crippen molar-refractivity contribution < 1.29 is 8.42 Å². The summed E-state index contributed by atoms with van der Waals surface area (Å²) in [5.74, 6) is 0. The second-order valence-electron chi connectivity index (χ2n) is 5.15. The van der Waals surface area contributed by atoms with Gasteiger partial charge >= 0.3 is 0 Å². The van der Waals surface area contributed by atoms with E-state index in [-0.39, 0.29) is 6.04 Å². The minimum atomic E-state index is -3.32. The molecule has 1 atom stereocenters. The van der Waals surface area contributed by atoms with Gasteiger partial charge in [-0.3, -0.25) is 0 Å². The molecule has 2 heterocycles. The number of piperidine rings is 1. The maximum absolute atomic E-state index is 12.8. The Balaban J connectivity index is 2.20. The van der Waals surface area contributed by atoms with Crippen LogP contribution < -0.4 is 5.32 Å². The fourth-order valence-electron chi connectivity index (χ4n) is 2.61. The van der Waals surface area contributed by atoms with Crippen LogP contribution in [-0.4, -0.2) is 38.4 Å². The first kappa shape index (κ1) is 15.9. The number of hydrogen-bond acceptors (Lipinski definition) is 4. The zero-order valence-electron chi connectivity index (χ0n) is 12.3. The molecule has 1 fully saturated rings. The molecule has 1 aromatic heterocycles. The Morgan fingerprint density at radius 1 is 1.35 bits per heavy atom. The van der Waals surface area contributed by atoms with E-state index >= 15 is 0 Å². The standard InChI is InChI=1S/C14H24N2O2S2/c1-3-13-8-9-14(19-13)20(17,18)16-10-6-5-7-12(16)11-15-4-2/h8-9,12,15H,3-7,10-11H2,1-2H3. The summed E-state index contributed by atoms with van der Waals surface area (Å²) in [5, 5.41) is 3.29. The topological polar surface area (TPSA) is 49.4 Å². The van der Waals surface area contributed by atoms with Crippen molar-refractivity contribution in [2.75, 3.05) is 19.6 Å². The predicted molar refractivity (Wildman–Crippen MR) is 83.8 cm³/mol. The fourth-order valence-corrected chi connectivity index (χ4v) is 5.73. The second-order valence-corrected chi connectivity index (χ2v) is 8.43. The zero-order valence-corrected chi connectivity index (χ0v) is 13.9. The Kier molecular flexibility index (Phi) is 5.60. The highest BCUT2D eigenvalue weighted by atomic mass is 32.2. The maximum atomic E-state index is 12.8. The summed E-state index contributed by atoms with van der Waals surface area (Å²) in [6.45, 7) is 6.38. The number of nitrogens with one attached hydrogen (secondary N) is 1. The first-order valence-electron chi connectivity index (χ1n) is 7.40. The first-order chi connectivity index (χ1) is 9.59. The van der Waals surface area contributed by atoms with Crippen molar-refractivity contribution in [3.63, 3.8) is 0 Å². The maximum Gasteiger partial charge on any atom is 0.252 e. The van der Waals surface area contributed by atoms with Crippen molar-refractivity contribution in [1.29, 1.82) is 0 Å². The smallest absolute Gasteiger partial charge is 0.252 e. The number of hydrogen-bond donors (Lipinski definition) is 1. The fraction of sp³-hybridized carbons (Fsp3) is 0.714. The van der Waals surface area contributed by atoms with Crippen LogP contribution in [0.5, 0.6) is 0 Å². The summed E-state index contributed by atoms with van der Waals surface area (Å²) >= 11 is 1.41. The third-order valence-corrected chi connectivity index (χ3v) is 7.40. The number of sulfonamides is 1. The number of thiophene rings is 1. The van der Waals surface area contributed by atoms with Crippen molar-refractivity contribution in [3.8, 4) is 0 Å². The van der Waals surface area contributed by atoms with E-state index in [1.807, 2.05) is 6.07 Å². The molecule has 0 bridgehead atoms. The summed E-state index contributed by atoms with van der Waals surface area (Å²) in [5.41, 5.74) is 0. The molecule has 1 aromatic rings. The number of likely N-dealkylation sites (N-methyl/N-ethyl adjacent to an activating group) is 1. The average Bonchev–Trinajstić information content (AvgIpc) is 2.95. The highest BCUT2D eigenvalue weighted by molar-refractivity contribution is 7.91. The van der Waals surface area contributed by atoms with Gasteiger partial charge in [0.25, 0.3) is 10.0 Å². The van der Waals surface area contributed by atoms with Gasteiger partial charge in [-0.25, -0.2) is 8.42 Å². The molecule has 114 valence electrons. The normalized spacial score (nSPS) is 21.2. The lowest BCUT2D eigenvalue weighted by atomic mass is 10.1. The van der Waals surface area contributed by atoms with Gasteiger partial charge in [-0.2, -0.15) is 4.31 Å². The van der Waals surface area contributed by atoms with E-state index in [2.05, 4.69) is 19.2 Å². The molecule has 0 amide bonds. The van der Waals surface area contributed by atoms with Gasteiger partial charge in [-0.15, -0.1) is 11.3 Å². The van der Waals surface area contributed by atoms with Crippen LogP contribution in [0.15, 0.2) is 16.3 Å². The van der Waals surface area contributed by atoms with Crippen LogP contribution in [0.1, 0.15) is 38.0 Å². The highest BCUT2D eigenvalue weighted by Gasteiger charge is 2.33. The van der Waals surface area contributed by atoms with Crippen LogP contribution >= 0.6 is 11.3 Å². The lowest BCUT2D eigenvalue weighted by Crippen LogP contribution is -2.48. The van der Waals surface area contributed by atoms with Crippen molar-refractivity contribution >= 4 is 21.4 Å². The molecule has 1 aliphatic rings. The Labute approximate surface area is 126 Å². The molecule has 1 aliphatic heterocycles. The number of rotatable bonds is 6. The Hall–Kier alpha value is -0.430. The number of aryl methyl sites for hydroxylation is 1. The highest BCUT2D eigenvalue weighted by Crippen LogP contribution is 2.29. The molecule has 1 N–H and O–H groups in total. The van der Waals surface area contributed by atoms with Crippen LogP contribution in [0.2, 0.25) is 0 Å². The summed E-state index contributed by atoms with van der Waals surface area (Å²) < 4.78 is 27.8.